The van der Waals surface area contributed by atoms with Crippen LogP contribution in [0, 0.1) is 5.82 Å². The zero-order chi connectivity index (χ0) is 21.5. The number of carbonyl (C=O) groups is 3. The molecular weight excluding hydrogens is 415 g/mol. The smallest absolute Gasteiger partial charge is 0.328 e. The lowest BCUT2D eigenvalue weighted by molar-refractivity contribution is -0.156. The SMILES string of the molecule is O=C(CN1C(=O)c2ccccc2S1(=O)=O)OC(C(=O)NC1CC1)c1ccc(F)cc1. The number of ether oxygens (including phenoxy) is 1. The lowest BCUT2D eigenvalue weighted by Gasteiger charge is -2.20. The molecule has 1 aliphatic carbocycles. The number of esters is 1. The van der Waals surface area contributed by atoms with Gasteiger partial charge in [0.25, 0.3) is 21.8 Å². The van der Waals surface area contributed by atoms with Crippen LogP contribution >= 0.6 is 0 Å². The van der Waals surface area contributed by atoms with Crippen molar-refractivity contribution in [3.05, 3.63) is 65.5 Å². The van der Waals surface area contributed by atoms with E-state index in [1.54, 1.807) is 0 Å². The van der Waals surface area contributed by atoms with Crippen LogP contribution in [0.1, 0.15) is 34.9 Å². The van der Waals surface area contributed by atoms with E-state index in [4.69, 9.17) is 4.74 Å². The third-order valence-corrected chi connectivity index (χ3v) is 6.56. The van der Waals surface area contributed by atoms with E-state index in [0.717, 1.165) is 25.0 Å². The van der Waals surface area contributed by atoms with Crippen LogP contribution in [-0.4, -0.2) is 43.1 Å². The predicted octanol–water partition coefficient (Wildman–Crippen LogP) is 1.53. The van der Waals surface area contributed by atoms with E-state index >= 15 is 0 Å². The van der Waals surface area contributed by atoms with Crippen LogP contribution in [0.15, 0.2) is 53.4 Å². The monoisotopic (exact) mass is 432 g/mol. The number of fused-ring (bicyclic) bond motifs is 1. The van der Waals surface area contributed by atoms with Crippen molar-refractivity contribution in [1.29, 1.82) is 0 Å². The zero-order valence-electron chi connectivity index (χ0n) is 15.6. The fourth-order valence-corrected chi connectivity index (χ4v) is 4.60. The third-order valence-electron chi connectivity index (χ3n) is 4.77. The second-order valence-corrected chi connectivity index (χ2v) is 8.85. The van der Waals surface area contributed by atoms with Crippen LogP contribution in [-0.2, 0) is 24.3 Å². The molecule has 1 aliphatic heterocycles. The molecule has 1 saturated carbocycles. The van der Waals surface area contributed by atoms with Crippen molar-refractivity contribution in [2.75, 3.05) is 6.54 Å². The fourth-order valence-electron chi connectivity index (χ4n) is 3.09. The topological polar surface area (TPSA) is 110 Å². The van der Waals surface area contributed by atoms with Crippen LogP contribution in [0.25, 0.3) is 0 Å². The molecule has 2 aromatic rings. The summed E-state index contributed by atoms with van der Waals surface area (Å²) in [6.45, 7) is -0.885. The molecule has 2 amide bonds. The number of nitrogens with one attached hydrogen (secondary N) is 1. The molecule has 2 aromatic carbocycles. The molecule has 1 heterocycles. The summed E-state index contributed by atoms with van der Waals surface area (Å²) < 4.78 is 44.1. The molecule has 8 nitrogen and oxygen atoms in total. The summed E-state index contributed by atoms with van der Waals surface area (Å²) in [7, 11) is -4.19. The molecule has 156 valence electrons. The van der Waals surface area contributed by atoms with Crippen molar-refractivity contribution < 1.29 is 31.9 Å². The first-order chi connectivity index (χ1) is 14.3. The number of halogens is 1. The third kappa shape index (κ3) is 3.78. The normalized spacial score (nSPS) is 17.9. The van der Waals surface area contributed by atoms with Gasteiger partial charge in [-0.2, -0.15) is 0 Å². The van der Waals surface area contributed by atoms with Gasteiger partial charge in [-0.05, 0) is 37.1 Å². The van der Waals surface area contributed by atoms with Gasteiger partial charge in [0.2, 0.25) is 6.10 Å². The molecule has 1 atom stereocenters. The van der Waals surface area contributed by atoms with Crippen molar-refractivity contribution >= 4 is 27.8 Å². The van der Waals surface area contributed by atoms with Gasteiger partial charge in [-0.1, -0.05) is 24.3 Å². The summed E-state index contributed by atoms with van der Waals surface area (Å²) in [6, 6.07) is 10.4. The Kier molecular flexibility index (Phi) is 5.02. The molecular formula is C20H17FN2O6S. The molecule has 0 bridgehead atoms. The Bertz CT molecular complexity index is 1130. The van der Waals surface area contributed by atoms with E-state index in [9.17, 15) is 27.2 Å². The Labute approximate surface area is 171 Å². The summed E-state index contributed by atoms with van der Waals surface area (Å²) in [6.07, 6.45) is 0.199. The first-order valence-corrected chi connectivity index (χ1v) is 10.6. The highest BCUT2D eigenvalue weighted by Crippen LogP contribution is 2.30. The maximum absolute atomic E-state index is 13.2. The van der Waals surface area contributed by atoms with Crippen LogP contribution in [0.3, 0.4) is 0 Å². The number of hydrogen-bond acceptors (Lipinski definition) is 6. The quantitative estimate of drug-likeness (QED) is 0.694. The molecule has 1 fully saturated rings. The van der Waals surface area contributed by atoms with Gasteiger partial charge in [0, 0.05) is 11.6 Å². The summed E-state index contributed by atoms with van der Waals surface area (Å²) in [5.41, 5.74) is 0.189. The largest absolute Gasteiger partial charge is 0.446 e. The Balaban J connectivity index is 1.53. The molecule has 30 heavy (non-hydrogen) atoms. The highest BCUT2D eigenvalue weighted by Gasteiger charge is 2.42. The zero-order valence-corrected chi connectivity index (χ0v) is 16.4. The van der Waals surface area contributed by atoms with E-state index in [1.165, 1.54) is 36.4 Å². The van der Waals surface area contributed by atoms with Gasteiger partial charge in [-0.15, -0.1) is 0 Å². The molecule has 0 spiro atoms. The highest BCUT2D eigenvalue weighted by atomic mass is 32.2. The minimum absolute atomic E-state index is 0.0193. The Morgan fingerprint density at radius 1 is 1.13 bits per heavy atom. The van der Waals surface area contributed by atoms with Gasteiger partial charge in [0.05, 0.1) is 5.56 Å². The number of benzene rings is 2. The summed E-state index contributed by atoms with van der Waals surface area (Å²) in [4.78, 5) is 37.3. The average molecular weight is 432 g/mol. The molecule has 4 rings (SSSR count). The summed E-state index contributed by atoms with van der Waals surface area (Å²) >= 11 is 0. The van der Waals surface area contributed by atoms with Gasteiger partial charge < -0.3 is 10.1 Å². The highest BCUT2D eigenvalue weighted by molar-refractivity contribution is 7.90. The fraction of sp³-hybridized carbons (Fsp3) is 0.250. The lowest BCUT2D eigenvalue weighted by atomic mass is 10.1. The van der Waals surface area contributed by atoms with E-state index in [0.29, 0.717) is 4.31 Å². The first-order valence-electron chi connectivity index (χ1n) is 9.19. The van der Waals surface area contributed by atoms with E-state index in [2.05, 4.69) is 5.32 Å². The number of carbonyl (C=O) groups excluding carboxylic acids is 3. The van der Waals surface area contributed by atoms with Crippen LogP contribution in [0.4, 0.5) is 4.39 Å². The van der Waals surface area contributed by atoms with Gasteiger partial charge >= 0.3 is 5.97 Å². The Morgan fingerprint density at radius 3 is 2.43 bits per heavy atom. The maximum Gasteiger partial charge on any atom is 0.328 e. The molecule has 0 saturated heterocycles. The second-order valence-electron chi connectivity index (χ2n) is 7.02. The Hall–Kier alpha value is -3.27. The number of sulfonamides is 1. The number of nitrogens with zero attached hydrogens (tertiary/aromatic N) is 1. The van der Waals surface area contributed by atoms with Gasteiger partial charge in [-0.3, -0.25) is 14.4 Å². The number of amides is 2. The van der Waals surface area contributed by atoms with Crippen molar-refractivity contribution in [1.82, 2.24) is 9.62 Å². The van der Waals surface area contributed by atoms with Gasteiger partial charge in [0.1, 0.15) is 17.3 Å². The Morgan fingerprint density at radius 2 is 1.80 bits per heavy atom. The lowest BCUT2D eigenvalue weighted by Crippen LogP contribution is -2.39. The molecule has 2 aliphatic rings. The number of hydrogen-bond donors (Lipinski definition) is 1. The summed E-state index contributed by atoms with van der Waals surface area (Å²) in [5.74, 6) is -3.06. The van der Waals surface area contributed by atoms with E-state index in [-0.39, 0.29) is 22.1 Å². The minimum atomic E-state index is -4.19. The van der Waals surface area contributed by atoms with Crippen molar-refractivity contribution in [3.8, 4) is 0 Å². The van der Waals surface area contributed by atoms with E-state index in [1.807, 2.05) is 0 Å². The van der Waals surface area contributed by atoms with E-state index < -0.39 is 46.3 Å². The van der Waals surface area contributed by atoms with Crippen LogP contribution in [0.2, 0.25) is 0 Å². The standard InChI is InChI=1S/C20H17FN2O6S/c21-13-7-5-12(6-8-13)18(19(25)22-14-9-10-14)29-17(24)11-23-20(26)15-3-1-2-4-16(15)30(23,27)28/h1-8,14,18H,9-11H2,(H,22,25). The van der Waals surface area contributed by atoms with Crippen molar-refractivity contribution in [2.24, 2.45) is 0 Å². The van der Waals surface area contributed by atoms with Crippen LogP contribution < -0.4 is 5.32 Å². The van der Waals surface area contributed by atoms with Crippen LogP contribution in [0.5, 0.6) is 0 Å². The first kappa shape index (κ1) is 20.0. The molecule has 1 N–H and O–H groups in total. The maximum atomic E-state index is 13.2. The number of rotatable bonds is 6. The van der Waals surface area contributed by atoms with Crippen molar-refractivity contribution in [3.63, 3.8) is 0 Å². The second kappa shape index (κ2) is 7.52. The summed E-state index contributed by atoms with van der Waals surface area (Å²) in [5, 5.41) is 2.70. The molecule has 10 heteroatoms. The average Bonchev–Trinajstić information content (AvgIpc) is 3.51. The molecule has 0 aromatic heterocycles. The van der Waals surface area contributed by atoms with Gasteiger partial charge in [-0.25, -0.2) is 17.1 Å². The molecule has 1 unspecified atom stereocenters. The van der Waals surface area contributed by atoms with Crippen molar-refractivity contribution in [2.45, 2.75) is 29.9 Å². The van der Waals surface area contributed by atoms with Gasteiger partial charge in [0.15, 0.2) is 0 Å². The minimum Gasteiger partial charge on any atom is -0.446 e. The predicted molar refractivity (Wildman–Crippen MR) is 101 cm³/mol. The molecule has 0 radical (unpaired) electrons.